The summed E-state index contributed by atoms with van der Waals surface area (Å²) >= 11 is 0. The fourth-order valence-electron chi connectivity index (χ4n) is 2.92. The average Bonchev–Trinajstić information content (AvgIpc) is 2.64. The molecule has 1 aliphatic rings. The Balaban J connectivity index is 2.05. The summed E-state index contributed by atoms with van der Waals surface area (Å²) < 4.78 is 0. The number of aliphatic hydroxyl groups is 1. The lowest BCUT2D eigenvalue weighted by Crippen LogP contribution is -2.22. The molecule has 1 saturated carbocycles. The second-order valence-electron chi connectivity index (χ2n) is 5.34. The number of hydrogen-bond donors (Lipinski definition) is 1. The molecular formula is C14H28O. The second kappa shape index (κ2) is 7.27. The van der Waals surface area contributed by atoms with Gasteiger partial charge in [0.1, 0.15) is 0 Å². The minimum Gasteiger partial charge on any atom is -0.393 e. The van der Waals surface area contributed by atoms with Crippen LogP contribution in [0.15, 0.2) is 0 Å². The highest BCUT2D eigenvalue weighted by molar-refractivity contribution is 4.79. The topological polar surface area (TPSA) is 20.2 Å². The van der Waals surface area contributed by atoms with Crippen LogP contribution in [0.25, 0.3) is 0 Å². The molecule has 1 aliphatic carbocycles. The fraction of sp³-hybridized carbons (Fsp3) is 1.00. The van der Waals surface area contributed by atoms with Crippen LogP contribution in [0.3, 0.4) is 0 Å². The number of rotatable bonds is 7. The van der Waals surface area contributed by atoms with E-state index in [1.165, 1.54) is 51.4 Å². The molecule has 0 aromatic carbocycles. The van der Waals surface area contributed by atoms with E-state index >= 15 is 0 Å². The van der Waals surface area contributed by atoms with Gasteiger partial charge in [0.25, 0.3) is 0 Å². The largest absolute Gasteiger partial charge is 0.393 e. The van der Waals surface area contributed by atoms with E-state index in [-0.39, 0.29) is 6.10 Å². The minimum atomic E-state index is -0.0101. The molecule has 1 N–H and O–H groups in total. The van der Waals surface area contributed by atoms with Gasteiger partial charge in [-0.3, -0.25) is 0 Å². The van der Waals surface area contributed by atoms with Gasteiger partial charge < -0.3 is 5.11 Å². The van der Waals surface area contributed by atoms with Gasteiger partial charge >= 0.3 is 0 Å². The molecule has 0 saturated heterocycles. The minimum absolute atomic E-state index is 0.0101. The first kappa shape index (κ1) is 13.0. The van der Waals surface area contributed by atoms with Crippen molar-refractivity contribution >= 4 is 0 Å². The van der Waals surface area contributed by atoms with Gasteiger partial charge in [-0.25, -0.2) is 0 Å². The Morgan fingerprint density at radius 3 is 2.47 bits per heavy atom. The maximum Gasteiger partial charge on any atom is 0.0570 e. The van der Waals surface area contributed by atoms with Crippen LogP contribution in [0, 0.1) is 11.8 Å². The van der Waals surface area contributed by atoms with Crippen molar-refractivity contribution in [3.8, 4) is 0 Å². The van der Waals surface area contributed by atoms with Crippen LogP contribution in [0.1, 0.15) is 71.6 Å². The van der Waals surface area contributed by atoms with E-state index in [0.29, 0.717) is 5.92 Å². The van der Waals surface area contributed by atoms with Crippen molar-refractivity contribution in [3.05, 3.63) is 0 Å². The van der Waals surface area contributed by atoms with Gasteiger partial charge in [0.15, 0.2) is 0 Å². The summed E-state index contributed by atoms with van der Waals surface area (Å²) in [6.07, 6.45) is 11.5. The van der Waals surface area contributed by atoms with Crippen LogP contribution in [0.5, 0.6) is 0 Å². The Morgan fingerprint density at radius 2 is 1.87 bits per heavy atom. The monoisotopic (exact) mass is 212 g/mol. The van der Waals surface area contributed by atoms with Crippen LogP contribution in [0.2, 0.25) is 0 Å². The Hall–Kier alpha value is -0.0400. The van der Waals surface area contributed by atoms with Gasteiger partial charge in [0.2, 0.25) is 0 Å². The van der Waals surface area contributed by atoms with Crippen LogP contribution < -0.4 is 0 Å². The van der Waals surface area contributed by atoms with Crippen molar-refractivity contribution in [1.82, 2.24) is 0 Å². The van der Waals surface area contributed by atoms with E-state index in [0.717, 1.165) is 12.3 Å². The molecule has 0 radical (unpaired) electrons. The van der Waals surface area contributed by atoms with Crippen LogP contribution >= 0.6 is 0 Å². The average molecular weight is 212 g/mol. The van der Waals surface area contributed by atoms with Crippen LogP contribution in [-0.2, 0) is 0 Å². The first-order valence-electron chi connectivity index (χ1n) is 6.93. The highest BCUT2D eigenvalue weighted by Gasteiger charge is 2.28. The van der Waals surface area contributed by atoms with Gasteiger partial charge in [-0.05, 0) is 24.7 Å². The summed E-state index contributed by atoms with van der Waals surface area (Å²) in [5.41, 5.74) is 0. The lowest BCUT2D eigenvalue weighted by molar-refractivity contribution is 0.0793. The molecule has 1 nitrogen and oxygen atoms in total. The molecule has 3 unspecified atom stereocenters. The molecule has 15 heavy (non-hydrogen) atoms. The molecule has 0 heterocycles. The maximum atomic E-state index is 10.1. The summed E-state index contributed by atoms with van der Waals surface area (Å²) in [5.74, 6) is 1.37. The summed E-state index contributed by atoms with van der Waals surface area (Å²) in [7, 11) is 0. The zero-order valence-corrected chi connectivity index (χ0v) is 10.5. The SMILES string of the molecule is CCCCCCCC(O)C1CCCC1C. The summed E-state index contributed by atoms with van der Waals surface area (Å²) in [4.78, 5) is 0. The predicted molar refractivity (Wildman–Crippen MR) is 65.9 cm³/mol. The summed E-state index contributed by atoms with van der Waals surface area (Å²) in [5, 5.41) is 10.1. The molecule has 1 heteroatoms. The highest BCUT2D eigenvalue weighted by atomic mass is 16.3. The fourth-order valence-corrected chi connectivity index (χ4v) is 2.92. The van der Waals surface area contributed by atoms with Crippen molar-refractivity contribution < 1.29 is 5.11 Å². The number of hydrogen-bond acceptors (Lipinski definition) is 1. The number of aliphatic hydroxyl groups excluding tert-OH is 1. The van der Waals surface area contributed by atoms with Gasteiger partial charge in [0.05, 0.1) is 6.10 Å². The van der Waals surface area contributed by atoms with E-state index in [9.17, 15) is 5.11 Å². The number of unbranched alkanes of at least 4 members (excludes halogenated alkanes) is 4. The molecule has 0 aliphatic heterocycles. The Bertz CT molecular complexity index is 155. The van der Waals surface area contributed by atoms with Crippen molar-refractivity contribution in [2.75, 3.05) is 0 Å². The normalized spacial score (nSPS) is 28.2. The van der Waals surface area contributed by atoms with Gasteiger partial charge in [-0.15, -0.1) is 0 Å². The van der Waals surface area contributed by atoms with E-state index < -0.39 is 0 Å². The van der Waals surface area contributed by atoms with Crippen molar-refractivity contribution in [1.29, 1.82) is 0 Å². The lowest BCUT2D eigenvalue weighted by Gasteiger charge is -2.22. The Labute approximate surface area is 95.3 Å². The molecule has 3 atom stereocenters. The quantitative estimate of drug-likeness (QED) is 0.629. The highest BCUT2D eigenvalue weighted by Crippen LogP contribution is 2.35. The van der Waals surface area contributed by atoms with Crippen molar-refractivity contribution in [2.24, 2.45) is 11.8 Å². The Kier molecular flexibility index (Phi) is 6.31. The molecule has 0 aromatic rings. The van der Waals surface area contributed by atoms with E-state index in [1.54, 1.807) is 0 Å². The zero-order valence-electron chi connectivity index (χ0n) is 10.5. The third kappa shape index (κ3) is 4.55. The predicted octanol–water partition coefficient (Wildman–Crippen LogP) is 4.14. The molecule has 0 bridgehead atoms. The van der Waals surface area contributed by atoms with Crippen molar-refractivity contribution in [2.45, 2.75) is 77.7 Å². The summed E-state index contributed by atoms with van der Waals surface area (Å²) in [6, 6.07) is 0. The molecular weight excluding hydrogens is 184 g/mol. The van der Waals surface area contributed by atoms with Crippen LogP contribution in [0.4, 0.5) is 0 Å². The van der Waals surface area contributed by atoms with Gasteiger partial charge in [-0.2, -0.15) is 0 Å². The molecule has 90 valence electrons. The van der Waals surface area contributed by atoms with Crippen LogP contribution in [-0.4, -0.2) is 11.2 Å². The third-order valence-electron chi connectivity index (χ3n) is 4.03. The smallest absolute Gasteiger partial charge is 0.0570 e. The lowest BCUT2D eigenvalue weighted by atomic mass is 9.89. The molecule has 1 fully saturated rings. The van der Waals surface area contributed by atoms with E-state index in [4.69, 9.17) is 0 Å². The second-order valence-corrected chi connectivity index (χ2v) is 5.34. The summed E-state index contributed by atoms with van der Waals surface area (Å²) in [6.45, 7) is 4.55. The molecule has 0 amide bonds. The van der Waals surface area contributed by atoms with E-state index in [1.807, 2.05) is 0 Å². The first-order chi connectivity index (χ1) is 7.25. The molecule has 0 aromatic heterocycles. The van der Waals surface area contributed by atoms with Gasteiger partial charge in [-0.1, -0.05) is 58.8 Å². The molecule has 1 rings (SSSR count). The third-order valence-corrected chi connectivity index (χ3v) is 4.03. The zero-order chi connectivity index (χ0) is 11.1. The van der Waals surface area contributed by atoms with Crippen molar-refractivity contribution in [3.63, 3.8) is 0 Å². The maximum absolute atomic E-state index is 10.1. The van der Waals surface area contributed by atoms with E-state index in [2.05, 4.69) is 13.8 Å². The standard InChI is InChI=1S/C14H28O/c1-3-4-5-6-7-11-14(15)13-10-8-9-12(13)2/h12-15H,3-11H2,1-2H3. The van der Waals surface area contributed by atoms with Gasteiger partial charge in [0, 0.05) is 0 Å². The Morgan fingerprint density at radius 1 is 1.13 bits per heavy atom. The molecule has 0 spiro atoms. The first-order valence-corrected chi connectivity index (χ1v) is 6.93.